The average molecular weight is 233 g/mol. The lowest BCUT2D eigenvalue weighted by atomic mass is 10.2. The zero-order valence-electron chi connectivity index (χ0n) is 9.86. The van der Waals surface area contributed by atoms with Crippen molar-refractivity contribution < 1.29 is 9.21 Å². The van der Waals surface area contributed by atoms with Crippen LogP contribution in [-0.4, -0.2) is 15.9 Å². The van der Waals surface area contributed by atoms with Gasteiger partial charge in [-0.3, -0.25) is 4.79 Å². The highest BCUT2D eigenvalue weighted by Crippen LogP contribution is 2.13. The van der Waals surface area contributed by atoms with E-state index in [1.54, 1.807) is 31.5 Å². The molecule has 0 spiro atoms. The van der Waals surface area contributed by atoms with Gasteiger partial charge in [-0.15, -0.1) is 0 Å². The van der Waals surface area contributed by atoms with E-state index in [-0.39, 0.29) is 11.9 Å². The van der Waals surface area contributed by atoms with Crippen molar-refractivity contribution in [3.05, 3.63) is 41.9 Å². The number of aryl methyl sites for hydroxylation is 1. The van der Waals surface area contributed by atoms with Crippen LogP contribution in [0.3, 0.4) is 0 Å². The van der Waals surface area contributed by atoms with Crippen LogP contribution in [0.4, 0.5) is 0 Å². The molecule has 1 atom stereocenters. The molecule has 90 valence electrons. The van der Waals surface area contributed by atoms with E-state index in [0.717, 1.165) is 18.0 Å². The highest BCUT2D eigenvalue weighted by atomic mass is 16.3. The molecule has 0 aliphatic rings. The predicted molar refractivity (Wildman–Crippen MR) is 62.5 cm³/mol. The minimum Gasteiger partial charge on any atom is -0.456 e. The number of carbonyl (C=O) groups excluding carboxylic acids is 1. The van der Waals surface area contributed by atoms with Gasteiger partial charge >= 0.3 is 0 Å². The van der Waals surface area contributed by atoms with Crippen molar-refractivity contribution in [1.29, 1.82) is 0 Å². The molecule has 1 unspecified atom stereocenters. The first-order chi connectivity index (χ1) is 8.20. The lowest BCUT2D eigenvalue weighted by Gasteiger charge is -2.13. The number of carbonyl (C=O) groups is 1. The van der Waals surface area contributed by atoms with Gasteiger partial charge in [-0.2, -0.15) is 0 Å². The Morgan fingerprint density at radius 3 is 2.94 bits per heavy atom. The van der Waals surface area contributed by atoms with E-state index < -0.39 is 0 Å². The maximum Gasteiger partial charge on any atom is 0.287 e. The van der Waals surface area contributed by atoms with Gasteiger partial charge in [0.2, 0.25) is 0 Å². The first-order valence-corrected chi connectivity index (χ1v) is 5.57. The van der Waals surface area contributed by atoms with Gasteiger partial charge < -0.3 is 14.7 Å². The number of aromatic amines is 1. The fourth-order valence-electron chi connectivity index (χ4n) is 1.62. The molecule has 0 aliphatic carbocycles. The number of hydrogen-bond donors (Lipinski definition) is 2. The lowest BCUT2D eigenvalue weighted by Crippen LogP contribution is -2.28. The third kappa shape index (κ3) is 2.55. The number of H-pyrrole nitrogens is 1. The van der Waals surface area contributed by atoms with E-state index in [0.29, 0.717) is 5.76 Å². The van der Waals surface area contributed by atoms with E-state index in [1.807, 2.05) is 6.92 Å². The molecule has 0 radical (unpaired) electrons. The molecule has 0 bridgehead atoms. The molecule has 1 amide bonds. The second-order valence-electron chi connectivity index (χ2n) is 3.82. The number of amides is 1. The van der Waals surface area contributed by atoms with Gasteiger partial charge in [0.15, 0.2) is 5.76 Å². The Morgan fingerprint density at radius 1 is 1.59 bits per heavy atom. The van der Waals surface area contributed by atoms with Crippen LogP contribution in [0.1, 0.15) is 41.5 Å². The van der Waals surface area contributed by atoms with Gasteiger partial charge in [0.25, 0.3) is 5.91 Å². The second kappa shape index (κ2) is 4.86. The molecule has 0 saturated carbocycles. The second-order valence-corrected chi connectivity index (χ2v) is 3.82. The third-order valence-corrected chi connectivity index (χ3v) is 2.53. The highest BCUT2D eigenvalue weighted by Gasteiger charge is 2.17. The van der Waals surface area contributed by atoms with E-state index >= 15 is 0 Å². The highest BCUT2D eigenvalue weighted by molar-refractivity contribution is 5.91. The van der Waals surface area contributed by atoms with Crippen molar-refractivity contribution in [2.75, 3.05) is 0 Å². The first-order valence-electron chi connectivity index (χ1n) is 5.57. The maximum atomic E-state index is 11.9. The molecule has 5 heteroatoms. The number of aromatic nitrogens is 2. The number of rotatable bonds is 4. The number of nitrogens with zero attached hydrogens (tertiary/aromatic N) is 1. The minimum absolute atomic E-state index is 0.122. The quantitative estimate of drug-likeness (QED) is 0.850. The molecule has 0 fully saturated rings. The van der Waals surface area contributed by atoms with Gasteiger partial charge in [-0.25, -0.2) is 4.98 Å². The Kier molecular flexibility index (Phi) is 3.27. The van der Waals surface area contributed by atoms with Crippen molar-refractivity contribution in [2.45, 2.75) is 26.3 Å². The molecule has 0 saturated heterocycles. The average Bonchev–Trinajstić information content (AvgIpc) is 2.96. The summed E-state index contributed by atoms with van der Waals surface area (Å²) in [5, 5.41) is 2.87. The Hall–Kier alpha value is -2.04. The fourth-order valence-corrected chi connectivity index (χ4v) is 1.62. The van der Waals surface area contributed by atoms with Crippen LogP contribution in [0.2, 0.25) is 0 Å². The maximum absolute atomic E-state index is 11.9. The van der Waals surface area contributed by atoms with E-state index in [1.165, 1.54) is 0 Å². The summed E-state index contributed by atoms with van der Waals surface area (Å²) in [6, 6.07) is 3.31. The topological polar surface area (TPSA) is 70.9 Å². The van der Waals surface area contributed by atoms with Gasteiger partial charge in [-0.1, -0.05) is 6.92 Å². The number of imidazole rings is 1. The summed E-state index contributed by atoms with van der Waals surface area (Å²) in [6.45, 7) is 3.79. The van der Waals surface area contributed by atoms with E-state index in [2.05, 4.69) is 15.3 Å². The zero-order chi connectivity index (χ0) is 12.3. The van der Waals surface area contributed by atoms with Crippen LogP contribution in [0.15, 0.2) is 28.9 Å². The van der Waals surface area contributed by atoms with Gasteiger partial charge in [0, 0.05) is 12.4 Å². The molecule has 0 aromatic carbocycles. The standard InChI is InChI=1S/C12H15N3O2/c1-3-9(11-13-6-7-14-11)15-12(16)10-5-4-8(2)17-10/h4-7,9H,3H2,1-2H3,(H,13,14)(H,15,16). The summed E-state index contributed by atoms with van der Waals surface area (Å²) in [5.74, 6) is 1.58. The molecule has 2 heterocycles. The number of hydrogen-bond acceptors (Lipinski definition) is 3. The van der Waals surface area contributed by atoms with Crippen molar-refractivity contribution in [1.82, 2.24) is 15.3 Å². The molecule has 0 aliphatic heterocycles. The Bertz CT molecular complexity index is 488. The summed E-state index contributed by atoms with van der Waals surface area (Å²) in [4.78, 5) is 19.0. The monoisotopic (exact) mass is 233 g/mol. The number of furan rings is 1. The van der Waals surface area contributed by atoms with Crippen molar-refractivity contribution in [2.24, 2.45) is 0 Å². The van der Waals surface area contributed by atoms with Crippen LogP contribution in [-0.2, 0) is 0 Å². The molecule has 2 rings (SSSR count). The van der Waals surface area contributed by atoms with Crippen molar-refractivity contribution >= 4 is 5.91 Å². The molecule has 2 N–H and O–H groups in total. The SMILES string of the molecule is CCC(NC(=O)c1ccc(C)o1)c1ncc[nH]1. The summed E-state index contributed by atoms with van der Waals surface area (Å²) in [6.07, 6.45) is 4.17. The largest absolute Gasteiger partial charge is 0.456 e. The lowest BCUT2D eigenvalue weighted by molar-refractivity contribution is 0.0904. The molecule has 17 heavy (non-hydrogen) atoms. The third-order valence-electron chi connectivity index (χ3n) is 2.53. The van der Waals surface area contributed by atoms with Crippen LogP contribution < -0.4 is 5.32 Å². The molecular formula is C12H15N3O2. The van der Waals surface area contributed by atoms with Crippen LogP contribution in [0, 0.1) is 6.92 Å². The first kappa shape index (κ1) is 11.4. The van der Waals surface area contributed by atoms with E-state index in [4.69, 9.17) is 4.42 Å². The molecular weight excluding hydrogens is 218 g/mol. The van der Waals surface area contributed by atoms with Crippen LogP contribution >= 0.6 is 0 Å². The minimum atomic E-state index is -0.221. The van der Waals surface area contributed by atoms with E-state index in [9.17, 15) is 4.79 Å². The van der Waals surface area contributed by atoms with Crippen LogP contribution in [0.5, 0.6) is 0 Å². The summed E-state index contributed by atoms with van der Waals surface area (Å²) in [5.41, 5.74) is 0. The Labute approximate surface area is 99.2 Å². The number of nitrogens with one attached hydrogen (secondary N) is 2. The van der Waals surface area contributed by atoms with Gasteiger partial charge in [-0.05, 0) is 25.5 Å². The molecule has 2 aromatic rings. The summed E-state index contributed by atoms with van der Waals surface area (Å²) < 4.78 is 5.27. The Morgan fingerprint density at radius 2 is 2.41 bits per heavy atom. The van der Waals surface area contributed by atoms with Gasteiger partial charge in [0.05, 0.1) is 6.04 Å². The van der Waals surface area contributed by atoms with Crippen molar-refractivity contribution in [3.63, 3.8) is 0 Å². The fraction of sp³-hybridized carbons (Fsp3) is 0.333. The summed E-state index contributed by atoms with van der Waals surface area (Å²) in [7, 11) is 0. The normalized spacial score (nSPS) is 12.4. The smallest absolute Gasteiger partial charge is 0.287 e. The molecule has 2 aromatic heterocycles. The predicted octanol–water partition coefficient (Wildman–Crippen LogP) is 2.19. The summed E-state index contributed by atoms with van der Waals surface area (Å²) >= 11 is 0. The van der Waals surface area contributed by atoms with Crippen molar-refractivity contribution in [3.8, 4) is 0 Å². The Balaban J connectivity index is 2.07. The van der Waals surface area contributed by atoms with Crippen LogP contribution in [0.25, 0.3) is 0 Å². The zero-order valence-corrected chi connectivity index (χ0v) is 9.86. The van der Waals surface area contributed by atoms with Gasteiger partial charge in [0.1, 0.15) is 11.6 Å². The molecule has 5 nitrogen and oxygen atoms in total.